The Kier molecular flexibility index (Phi) is 4.30. The van der Waals surface area contributed by atoms with Crippen LogP contribution in [0.4, 0.5) is 0 Å². The summed E-state index contributed by atoms with van der Waals surface area (Å²) in [6, 6.07) is 8.26. The monoisotopic (exact) mass is 258 g/mol. The van der Waals surface area contributed by atoms with E-state index in [0.29, 0.717) is 24.6 Å². The van der Waals surface area contributed by atoms with Crippen LogP contribution in [-0.2, 0) is 13.0 Å². The molecule has 19 heavy (non-hydrogen) atoms. The van der Waals surface area contributed by atoms with Gasteiger partial charge in [-0.15, -0.1) is 0 Å². The molecule has 0 bridgehead atoms. The van der Waals surface area contributed by atoms with E-state index in [1.807, 2.05) is 6.07 Å². The standard InChI is InChI=1S/C14H18N4O/c1-10-3-2-4-11(7-10)5-6-16-14(19)12-9-17-13(8-15)18-12/h2-4,7,9H,5-6,8,15H2,1H3,(H,16,19)(H,17,18). The number of amides is 1. The third-order valence-electron chi connectivity index (χ3n) is 2.85. The Hall–Kier alpha value is -2.14. The summed E-state index contributed by atoms with van der Waals surface area (Å²) in [7, 11) is 0. The molecule has 1 amide bonds. The number of nitrogens with zero attached hydrogens (tertiary/aromatic N) is 1. The third kappa shape index (κ3) is 3.66. The highest BCUT2D eigenvalue weighted by atomic mass is 16.1. The minimum Gasteiger partial charge on any atom is -0.350 e. The van der Waals surface area contributed by atoms with Crippen LogP contribution >= 0.6 is 0 Å². The van der Waals surface area contributed by atoms with E-state index in [1.165, 1.54) is 17.3 Å². The lowest BCUT2D eigenvalue weighted by Crippen LogP contribution is -2.26. The largest absolute Gasteiger partial charge is 0.350 e. The number of nitrogens with one attached hydrogen (secondary N) is 2. The summed E-state index contributed by atoms with van der Waals surface area (Å²) < 4.78 is 0. The molecule has 1 heterocycles. The van der Waals surface area contributed by atoms with Crippen LogP contribution in [0.25, 0.3) is 0 Å². The number of carbonyl (C=O) groups excluding carboxylic acids is 1. The van der Waals surface area contributed by atoms with E-state index in [9.17, 15) is 4.79 Å². The number of hydrogen-bond acceptors (Lipinski definition) is 3. The van der Waals surface area contributed by atoms with Gasteiger partial charge in [-0.1, -0.05) is 29.8 Å². The van der Waals surface area contributed by atoms with Gasteiger partial charge in [0.2, 0.25) is 0 Å². The van der Waals surface area contributed by atoms with Crippen LogP contribution in [0.1, 0.15) is 27.4 Å². The number of nitrogens with two attached hydrogens (primary N) is 1. The van der Waals surface area contributed by atoms with Gasteiger partial charge in [-0.2, -0.15) is 0 Å². The quantitative estimate of drug-likeness (QED) is 0.752. The summed E-state index contributed by atoms with van der Waals surface area (Å²) in [5.41, 5.74) is 8.32. The van der Waals surface area contributed by atoms with Crippen molar-refractivity contribution in [3.05, 3.63) is 53.1 Å². The van der Waals surface area contributed by atoms with Crippen molar-refractivity contribution in [3.8, 4) is 0 Å². The lowest BCUT2D eigenvalue weighted by molar-refractivity contribution is 0.0949. The minimum atomic E-state index is -0.153. The maximum atomic E-state index is 11.8. The number of aryl methyl sites for hydroxylation is 1. The smallest absolute Gasteiger partial charge is 0.269 e. The molecule has 0 aliphatic rings. The molecular formula is C14H18N4O. The van der Waals surface area contributed by atoms with Crippen LogP contribution in [0.5, 0.6) is 0 Å². The molecule has 0 saturated carbocycles. The molecule has 0 radical (unpaired) electrons. The van der Waals surface area contributed by atoms with E-state index < -0.39 is 0 Å². The molecule has 1 aromatic heterocycles. The second kappa shape index (κ2) is 6.15. The van der Waals surface area contributed by atoms with Gasteiger partial charge in [0.05, 0.1) is 12.7 Å². The lowest BCUT2D eigenvalue weighted by atomic mass is 10.1. The van der Waals surface area contributed by atoms with Crippen LogP contribution < -0.4 is 11.1 Å². The number of aromatic nitrogens is 2. The highest BCUT2D eigenvalue weighted by Crippen LogP contribution is 2.04. The number of rotatable bonds is 5. The van der Waals surface area contributed by atoms with Crippen molar-refractivity contribution >= 4 is 5.91 Å². The van der Waals surface area contributed by atoms with Crippen molar-refractivity contribution in [2.75, 3.05) is 6.54 Å². The van der Waals surface area contributed by atoms with E-state index in [1.54, 1.807) is 0 Å². The third-order valence-corrected chi connectivity index (χ3v) is 2.85. The number of benzene rings is 1. The molecular weight excluding hydrogens is 240 g/mol. The molecule has 0 unspecified atom stereocenters. The van der Waals surface area contributed by atoms with Gasteiger partial charge in [-0.3, -0.25) is 4.79 Å². The van der Waals surface area contributed by atoms with Crippen LogP contribution in [0.2, 0.25) is 0 Å². The van der Waals surface area contributed by atoms with Crippen LogP contribution in [0.15, 0.2) is 30.5 Å². The molecule has 1 aromatic carbocycles. The first kappa shape index (κ1) is 13.3. The first-order valence-corrected chi connectivity index (χ1v) is 6.26. The Morgan fingerprint density at radius 1 is 1.47 bits per heavy atom. The van der Waals surface area contributed by atoms with Gasteiger partial charge >= 0.3 is 0 Å². The molecule has 2 aromatic rings. The Labute approximate surface area is 112 Å². The number of aromatic amines is 1. The van der Waals surface area contributed by atoms with E-state index in [-0.39, 0.29) is 5.91 Å². The summed E-state index contributed by atoms with van der Waals surface area (Å²) in [6.07, 6.45) is 2.31. The van der Waals surface area contributed by atoms with Gasteiger partial charge in [-0.05, 0) is 18.9 Å². The zero-order valence-electron chi connectivity index (χ0n) is 10.9. The summed E-state index contributed by atoms with van der Waals surface area (Å²) >= 11 is 0. The molecule has 0 saturated heterocycles. The molecule has 0 fully saturated rings. The average Bonchev–Trinajstić information content (AvgIpc) is 2.87. The Balaban J connectivity index is 1.84. The van der Waals surface area contributed by atoms with E-state index in [2.05, 4.69) is 40.4 Å². The Morgan fingerprint density at radius 2 is 2.32 bits per heavy atom. The molecule has 5 nitrogen and oxygen atoms in total. The summed E-state index contributed by atoms with van der Waals surface area (Å²) in [5, 5.41) is 2.85. The minimum absolute atomic E-state index is 0.153. The Morgan fingerprint density at radius 3 is 3.00 bits per heavy atom. The predicted octanol–water partition coefficient (Wildman–Crippen LogP) is 1.15. The molecule has 2 rings (SSSR count). The summed E-state index contributed by atoms with van der Waals surface area (Å²) in [5.74, 6) is 0.462. The fraction of sp³-hybridized carbons (Fsp3) is 0.286. The molecule has 0 atom stereocenters. The van der Waals surface area contributed by atoms with Crippen molar-refractivity contribution in [1.82, 2.24) is 15.3 Å². The fourth-order valence-corrected chi connectivity index (χ4v) is 1.86. The van der Waals surface area contributed by atoms with Crippen molar-refractivity contribution < 1.29 is 4.79 Å². The van der Waals surface area contributed by atoms with Gasteiger partial charge in [0, 0.05) is 6.54 Å². The topological polar surface area (TPSA) is 83.8 Å². The van der Waals surface area contributed by atoms with E-state index in [0.717, 1.165) is 6.42 Å². The molecule has 5 heteroatoms. The predicted molar refractivity (Wildman–Crippen MR) is 73.7 cm³/mol. The van der Waals surface area contributed by atoms with Crippen molar-refractivity contribution in [3.63, 3.8) is 0 Å². The Bertz CT molecular complexity index is 562. The first-order valence-electron chi connectivity index (χ1n) is 6.26. The normalized spacial score (nSPS) is 10.4. The number of hydrogen-bond donors (Lipinski definition) is 3. The second-order valence-corrected chi connectivity index (χ2v) is 4.44. The maximum Gasteiger partial charge on any atom is 0.269 e. The van der Waals surface area contributed by atoms with Crippen LogP contribution in [0, 0.1) is 6.92 Å². The van der Waals surface area contributed by atoms with Gasteiger partial charge in [0.15, 0.2) is 0 Å². The highest BCUT2D eigenvalue weighted by molar-refractivity contribution is 5.92. The SMILES string of the molecule is Cc1cccc(CCNC(=O)c2cnc(CN)[nH]2)c1. The zero-order valence-corrected chi connectivity index (χ0v) is 10.9. The van der Waals surface area contributed by atoms with Gasteiger partial charge < -0.3 is 16.0 Å². The number of carbonyl (C=O) groups is 1. The fourth-order valence-electron chi connectivity index (χ4n) is 1.86. The maximum absolute atomic E-state index is 11.8. The van der Waals surface area contributed by atoms with Crippen molar-refractivity contribution in [2.45, 2.75) is 19.9 Å². The molecule has 0 aliphatic carbocycles. The molecule has 100 valence electrons. The lowest BCUT2D eigenvalue weighted by Gasteiger charge is -2.04. The molecule has 4 N–H and O–H groups in total. The summed E-state index contributed by atoms with van der Waals surface area (Å²) in [6.45, 7) is 2.96. The van der Waals surface area contributed by atoms with E-state index >= 15 is 0 Å². The van der Waals surface area contributed by atoms with Gasteiger partial charge in [-0.25, -0.2) is 4.98 Å². The zero-order chi connectivity index (χ0) is 13.7. The molecule has 0 aliphatic heterocycles. The highest BCUT2D eigenvalue weighted by Gasteiger charge is 2.08. The number of H-pyrrole nitrogens is 1. The second-order valence-electron chi connectivity index (χ2n) is 4.44. The van der Waals surface area contributed by atoms with Crippen molar-refractivity contribution in [1.29, 1.82) is 0 Å². The van der Waals surface area contributed by atoms with E-state index in [4.69, 9.17) is 5.73 Å². The van der Waals surface area contributed by atoms with Crippen LogP contribution in [0.3, 0.4) is 0 Å². The number of imidazole rings is 1. The molecule has 0 spiro atoms. The average molecular weight is 258 g/mol. The first-order chi connectivity index (χ1) is 9.19. The van der Waals surface area contributed by atoms with Crippen molar-refractivity contribution in [2.24, 2.45) is 5.73 Å². The van der Waals surface area contributed by atoms with Crippen LogP contribution in [-0.4, -0.2) is 22.4 Å². The van der Waals surface area contributed by atoms with Gasteiger partial charge in [0.1, 0.15) is 11.5 Å². The van der Waals surface area contributed by atoms with Gasteiger partial charge in [0.25, 0.3) is 5.91 Å². The summed E-state index contributed by atoms with van der Waals surface area (Å²) in [4.78, 5) is 18.7.